The summed E-state index contributed by atoms with van der Waals surface area (Å²) in [4.78, 5) is 38.2. The van der Waals surface area contributed by atoms with Crippen molar-refractivity contribution in [1.82, 2.24) is 0 Å². The number of ether oxygens (including phenoxy) is 3. The van der Waals surface area contributed by atoms with Crippen molar-refractivity contribution in [2.75, 3.05) is 13.2 Å². The summed E-state index contributed by atoms with van der Waals surface area (Å²) in [6.45, 7) is 6.33. The van der Waals surface area contributed by atoms with Gasteiger partial charge in [0, 0.05) is 19.3 Å². The number of esters is 3. The molecule has 0 radical (unpaired) electrons. The van der Waals surface area contributed by atoms with Crippen LogP contribution >= 0.6 is 0 Å². The molecule has 6 heteroatoms. The molecule has 1 unspecified atom stereocenters. The summed E-state index contributed by atoms with van der Waals surface area (Å²) in [5.41, 5.74) is 0. The Kier molecular flexibility index (Phi) is 54.5. The van der Waals surface area contributed by atoms with E-state index in [4.69, 9.17) is 14.2 Å². The van der Waals surface area contributed by atoms with Gasteiger partial charge in [-0.1, -0.05) is 219 Å². The molecule has 0 aromatic heterocycles. The second kappa shape index (κ2) is 58.1. The van der Waals surface area contributed by atoms with Crippen LogP contribution in [0.3, 0.4) is 0 Å². The molecule has 0 spiro atoms. The van der Waals surface area contributed by atoms with Crippen molar-refractivity contribution in [3.8, 4) is 0 Å². The molecule has 71 heavy (non-hydrogen) atoms. The summed E-state index contributed by atoms with van der Waals surface area (Å²) in [5.74, 6) is -0.965. The van der Waals surface area contributed by atoms with Crippen LogP contribution in [0.15, 0.2) is 134 Å². The van der Waals surface area contributed by atoms with Crippen LogP contribution in [0.25, 0.3) is 0 Å². The number of carbonyl (C=O) groups excluding carboxylic acids is 3. The lowest BCUT2D eigenvalue weighted by Gasteiger charge is -2.18. The van der Waals surface area contributed by atoms with Crippen LogP contribution in [0.1, 0.15) is 239 Å². The van der Waals surface area contributed by atoms with E-state index in [1.165, 1.54) is 25.7 Å². The van der Waals surface area contributed by atoms with E-state index in [-0.39, 0.29) is 31.1 Å². The number of hydrogen-bond donors (Lipinski definition) is 0. The van der Waals surface area contributed by atoms with Gasteiger partial charge in [0.15, 0.2) is 6.10 Å². The van der Waals surface area contributed by atoms with Crippen molar-refractivity contribution >= 4 is 17.9 Å². The van der Waals surface area contributed by atoms with Crippen LogP contribution in [0, 0.1) is 0 Å². The van der Waals surface area contributed by atoms with Gasteiger partial charge in [-0.25, -0.2) is 0 Å². The molecule has 0 aromatic carbocycles. The third-order valence-electron chi connectivity index (χ3n) is 11.6. The minimum Gasteiger partial charge on any atom is -0.462 e. The predicted molar refractivity (Wildman–Crippen MR) is 306 cm³/mol. The Morgan fingerprint density at radius 3 is 0.859 bits per heavy atom. The summed E-state index contributed by atoms with van der Waals surface area (Å²) >= 11 is 0. The lowest BCUT2D eigenvalue weighted by Crippen LogP contribution is -2.30. The van der Waals surface area contributed by atoms with Gasteiger partial charge in [-0.05, 0) is 135 Å². The Bertz CT molecular complexity index is 1550. The summed E-state index contributed by atoms with van der Waals surface area (Å²) in [6.07, 6.45) is 81.5. The molecule has 6 nitrogen and oxygen atoms in total. The number of carbonyl (C=O) groups is 3. The van der Waals surface area contributed by atoms with Crippen molar-refractivity contribution in [2.24, 2.45) is 0 Å². The predicted octanol–water partition coefficient (Wildman–Crippen LogP) is 19.4. The molecule has 0 rings (SSSR count). The molecule has 0 saturated heterocycles. The zero-order valence-corrected chi connectivity index (χ0v) is 45.7. The van der Waals surface area contributed by atoms with Crippen molar-refractivity contribution in [1.29, 1.82) is 0 Å². The largest absolute Gasteiger partial charge is 0.462 e. The van der Waals surface area contributed by atoms with Crippen LogP contribution in [0.4, 0.5) is 0 Å². The molecule has 0 saturated carbocycles. The smallest absolute Gasteiger partial charge is 0.306 e. The van der Waals surface area contributed by atoms with E-state index in [0.29, 0.717) is 19.3 Å². The first-order valence-corrected chi connectivity index (χ1v) is 28.7. The van der Waals surface area contributed by atoms with E-state index in [0.717, 1.165) is 173 Å². The van der Waals surface area contributed by atoms with E-state index in [1.807, 2.05) is 0 Å². The SMILES string of the molecule is CC/C=C\C/C=C\C/C=C\C/C=C\C/C=C\C/C=C\CCCCCCC(=O)OCC(COC(=O)CCCCCCC/C=C\C/C=C\CCCCC)OC(=O)CCCCCCC/C=C\C/C=C\C/C=C\CC. The number of hydrogen-bond acceptors (Lipinski definition) is 6. The van der Waals surface area contributed by atoms with Gasteiger partial charge in [0.25, 0.3) is 0 Å². The molecule has 0 bridgehead atoms. The van der Waals surface area contributed by atoms with E-state index in [2.05, 4.69) is 154 Å². The maximum Gasteiger partial charge on any atom is 0.306 e. The Morgan fingerprint density at radius 2 is 0.549 bits per heavy atom. The van der Waals surface area contributed by atoms with Gasteiger partial charge in [-0.3, -0.25) is 14.4 Å². The lowest BCUT2D eigenvalue weighted by molar-refractivity contribution is -0.167. The monoisotopic (exact) mass is 981 g/mol. The highest BCUT2D eigenvalue weighted by Crippen LogP contribution is 2.13. The standard InChI is InChI=1S/C65H104O6/c1-4-7-10-13-16-19-22-25-28-29-30-31-32-33-34-35-38-40-43-46-49-52-55-58-64(67)70-61-62(71-65(68)59-56-53-50-47-44-41-37-27-24-21-18-15-12-9-6-3)60-69-63(66)57-54-51-48-45-42-39-36-26-23-20-17-14-11-8-5-2/h7,9-10,12,16-21,25-28,30-31,33-34,36-38,40,62H,4-6,8,11,13-15,22-24,29,32,35,39,41-61H2,1-3H3/b10-7-,12-9-,19-16-,20-17-,21-18-,28-25-,31-30-,34-33-,36-26-,37-27-,40-38-. The second-order valence-corrected chi connectivity index (χ2v) is 18.4. The molecule has 0 N–H and O–H groups in total. The van der Waals surface area contributed by atoms with Crippen LogP contribution in [0.5, 0.6) is 0 Å². The highest BCUT2D eigenvalue weighted by molar-refractivity contribution is 5.71. The van der Waals surface area contributed by atoms with Crippen LogP contribution < -0.4 is 0 Å². The molecular weight excluding hydrogens is 877 g/mol. The molecule has 400 valence electrons. The van der Waals surface area contributed by atoms with Gasteiger partial charge in [-0.15, -0.1) is 0 Å². The van der Waals surface area contributed by atoms with Crippen LogP contribution in [-0.2, 0) is 28.6 Å². The third-order valence-corrected chi connectivity index (χ3v) is 11.6. The molecule has 0 aliphatic heterocycles. The fraction of sp³-hybridized carbons (Fsp3) is 0.615. The molecule has 0 heterocycles. The van der Waals surface area contributed by atoms with E-state index >= 15 is 0 Å². The summed E-state index contributed by atoms with van der Waals surface area (Å²) < 4.78 is 16.8. The molecule has 0 fully saturated rings. The normalized spacial score (nSPS) is 13.1. The van der Waals surface area contributed by atoms with E-state index in [9.17, 15) is 14.4 Å². The van der Waals surface area contributed by atoms with Crippen LogP contribution in [-0.4, -0.2) is 37.2 Å². The molecular formula is C65H104O6. The first-order chi connectivity index (χ1) is 35.0. The molecule has 1 atom stereocenters. The first kappa shape index (κ1) is 66.6. The number of unbranched alkanes of at least 4 members (excludes halogenated alkanes) is 17. The Labute approximate surface area is 436 Å². The maximum absolute atomic E-state index is 12.8. The highest BCUT2D eigenvalue weighted by Gasteiger charge is 2.19. The molecule has 0 aliphatic rings. The van der Waals surface area contributed by atoms with Crippen molar-refractivity contribution in [2.45, 2.75) is 245 Å². The van der Waals surface area contributed by atoms with Gasteiger partial charge >= 0.3 is 17.9 Å². The Hall–Kier alpha value is -4.45. The topological polar surface area (TPSA) is 78.9 Å². The van der Waals surface area contributed by atoms with Crippen molar-refractivity contribution in [3.05, 3.63) is 134 Å². The summed E-state index contributed by atoms with van der Waals surface area (Å²) in [5, 5.41) is 0. The fourth-order valence-corrected chi connectivity index (χ4v) is 7.37. The first-order valence-electron chi connectivity index (χ1n) is 28.7. The molecule has 0 aliphatic carbocycles. The van der Waals surface area contributed by atoms with Crippen molar-refractivity contribution in [3.63, 3.8) is 0 Å². The Morgan fingerprint density at radius 1 is 0.296 bits per heavy atom. The average Bonchev–Trinajstić information content (AvgIpc) is 3.37. The van der Waals surface area contributed by atoms with Crippen LogP contribution in [0.2, 0.25) is 0 Å². The Balaban J connectivity index is 4.48. The maximum atomic E-state index is 12.8. The number of rotatable bonds is 50. The average molecular weight is 982 g/mol. The zero-order chi connectivity index (χ0) is 51.4. The fourth-order valence-electron chi connectivity index (χ4n) is 7.37. The third kappa shape index (κ3) is 56.3. The minimum atomic E-state index is -0.809. The minimum absolute atomic E-state index is 0.105. The summed E-state index contributed by atoms with van der Waals surface area (Å²) in [7, 11) is 0. The second-order valence-electron chi connectivity index (χ2n) is 18.4. The van der Waals surface area contributed by atoms with Gasteiger partial charge in [0.1, 0.15) is 13.2 Å². The van der Waals surface area contributed by atoms with Gasteiger partial charge in [0.05, 0.1) is 0 Å². The quantitative estimate of drug-likeness (QED) is 0.0262. The van der Waals surface area contributed by atoms with Gasteiger partial charge < -0.3 is 14.2 Å². The zero-order valence-electron chi connectivity index (χ0n) is 45.7. The van der Waals surface area contributed by atoms with E-state index < -0.39 is 6.10 Å². The highest BCUT2D eigenvalue weighted by atomic mass is 16.6. The molecule has 0 amide bonds. The lowest BCUT2D eigenvalue weighted by atomic mass is 10.1. The van der Waals surface area contributed by atoms with E-state index in [1.54, 1.807) is 0 Å². The molecule has 0 aromatic rings. The van der Waals surface area contributed by atoms with Gasteiger partial charge in [-0.2, -0.15) is 0 Å². The van der Waals surface area contributed by atoms with Crippen molar-refractivity contribution < 1.29 is 28.6 Å². The van der Waals surface area contributed by atoms with Gasteiger partial charge in [0.2, 0.25) is 0 Å². The number of allylic oxidation sites excluding steroid dienone is 22. The summed E-state index contributed by atoms with van der Waals surface area (Å²) in [6, 6.07) is 0.